The van der Waals surface area contributed by atoms with E-state index in [0.717, 1.165) is 5.52 Å². The minimum Gasteiger partial charge on any atom is -0.350 e. The molecule has 2 aromatic heterocycles. The minimum atomic E-state index is -0.145. The van der Waals surface area contributed by atoms with Crippen LogP contribution in [0.4, 0.5) is 0 Å². The second kappa shape index (κ2) is 5.88. The molecule has 0 unspecified atom stereocenters. The van der Waals surface area contributed by atoms with E-state index < -0.39 is 0 Å². The highest BCUT2D eigenvalue weighted by Gasteiger charge is 2.06. The van der Waals surface area contributed by atoms with Crippen LogP contribution in [0.15, 0.2) is 52.9 Å². The predicted octanol–water partition coefficient (Wildman–Crippen LogP) is 1.89. The van der Waals surface area contributed by atoms with Crippen molar-refractivity contribution in [2.75, 3.05) is 6.54 Å². The Hall–Kier alpha value is -2.47. The molecule has 0 atom stereocenters. The van der Waals surface area contributed by atoms with Crippen LogP contribution < -0.4 is 10.9 Å². The summed E-state index contributed by atoms with van der Waals surface area (Å²) in [5.74, 6) is -0.145. The molecule has 0 aliphatic heterocycles. The van der Waals surface area contributed by atoms with Crippen molar-refractivity contribution >= 4 is 27.5 Å². The first kappa shape index (κ1) is 13.5. The summed E-state index contributed by atoms with van der Waals surface area (Å²) in [6.07, 6.45) is 1.52. The van der Waals surface area contributed by atoms with Crippen molar-refractivity contribution in [3.8, 4) is 0 Å². The highest BCUT2D eigenvalue weighted by atomic mass is 32.1. The van der Waals surface area contributed by atoms with Crippen molar-refractivity contribution in [1.82, 2.24) is 14.9 Å². The molecule has 0 spiro atoms. The smallest absolute Gasteiger partial charge is 0.271 e. The molecule has 3 aromatic rings. The Morgan fingerprint density at radius 3 is 2.86 bits per heavy atom. The fourth-order valence-electron chi connectivity index (χ4n) is 2.02. The van der Waals surface area contributed by atoms with E-state index in [-0.39, 0.29) is 11.5 Å². The number of hydrogen-bond acceptors (Lipinski definition) is 4. The number of fused-ring (bicyclic) bond motifs is 1. The van der Waals surface area contributed by atoms with Crippen molar-refractivity contribution in [1.29, 1.82) is 0 Å². The van der Waals surface area contributed by atoms with Gasteiger partial charge < -0.3 is 5.32 Å². The Bertz CT molecular complexity index is 824. The molecule has 0 saturated heterocycles. The Labute approximate surface area is 124 Å². The van der Waals surface area contributed by atoms with Gasteiger partial charge in [0, 0.05) is 18.7 Å². The van der Waals surface area contributed by atoms with Gasteiger partial charge >= 0.3 is 0 Å². The first-order valence-electron chi connectivity index (χ1n) is 6.51. The molecule has 1 aromatic carbocycles. The van der Waals surface area contributed by atoms with E-state index in [4.69, 9.17) is 0 Å². The van der Waals surface area contributed by atoms with Gasteiger partial charge in [-0.15, -0.1) is 11.3 Å². The fourth-order valence-corrected chi connectivity index (χ4v) is 2.81. The molecule has 0 bridgehead atoms. The lowest BCUT2D eigenvalue weighted by molar-refractivity contribution is 0.0952. The standard InChI is InChI=1S/C15H13N3O2S/c19-14(11-4-2-1-3-5-11)16-7-8-18-10-17-12-6-9-21-13(12)15(18)20/h1-6,9-10H,7-8H2,(H,16,19). The fraction of sp³-hybridized carbons (Fsp3) is 0.133. The quantitative estimate of drug-likeness (QED) is 0.800. The highest BCUT2D eigenvalue weighted by Crippen LogP contribution is 2.12. The molecule has 0 fully saturated rings. The van der Waals surface area contributed by atoms with E-state index in [0.29, 0.717) is 23.4 Å². The monoisotopic (exact) mass is 299 g/mol. The molecular weight excluding hydrogens is 286 g/mol. The molecule has 0 aliphatic carbocycles. The number of aromatic nitrogens is 2. The van der Waals surface area contributed by atoms with E-state index in [1.807, 2.05) is 29.6 Å². The third-order valence-electron chi connectivity index (χ3n) is 3.11. The summed E-state index contributed by atoms with van der Waals surface area (Å²) in [5.41, 5.74) is 1.26. The van der Waals surface area contributed by atoms with E-state index in [1.54, 1.807) is 12.1 Å². The molecule has 0 saturated carbocycles. The number of benzene rings is 1. The third-order valence-corrected chi connectivity index (χ3v) is 4.00. The van der Waals surface area contributed by atoms with Gasteiger partial charge in [0.05, 0.1) is 11.8 Å². The average Bonchev–Trinajstić information content (AvgIpc) is 3.00. The van der Waals surface area contributed by atoms with Crippen LogP contribution in [0.3, 0.4) is 0 Å². The molecule has 1 amide bonds. The van der Waals surface area contributed by atoms with Crippen LogP contribution in [0.1, 0.15) is 10.4 Å². The zero-order valence-electron chi connectivity index (χ0n) is 11.2. The zero-order chi connectivity index (χ0) is 14.7. The molecule has 5 nitrogen and oxygen atoms in total. The largest absolute Gasteiger partial charge is 0.350 e. The lowest BCUT2D eigenvalue weighted by Gasteiger charge is -2.07. The Morgan fingerprint density at radius 2 is 2.05 bits per heavy atom. The van der Waals surface area contributed by atoms with Crippen LogP contribution >= 0.6 is 11.3 Å². The van der Waals surface area contributed by atoms with Gasteiger partial charge in [0.2, 0.25) is 0 Å². The molecule has 6 heteroatoms. The van der Waals surface area contributed by atoms with Gasteiger partial charge in [-0.25, -0.2) is 4.98 Å². The Kier molecular flexibility index (Phi) is 3.79. The van der Waals surface area contributed by atoms with E-state index in [1.165, 1.54) is 22.2 Å². The van der Waals surface area contributed by atoms with Gasteiger partial charge in [-0.2, -0.15) is 0 Å². The first-order valence-corrected chi connectivity index (χ1v) is 7.39. The number of amides is 1. The predicted molar refractivity (Wildman–Crippen MR) is 82.7 cm³/mol. The maximum atomic E-state index is 12.2. The minimum absolute atomic E-state index is 0.0658. The number of carbonyl (C=O) groups excluding carboxylic acids is 1. The second-order valence-corrected chi connectivity index (χ2v) is 5.42. The summed E-state index contributed by atoms with van der Waals surface area (Å²) in [6.45, 7) is 0.782. The summed E-state index contributed by atoms with van der Waals surface area (Å²) in [4.78, 5) is 28.3. The van der Waals surface area contributed by atoms with Crippen LogP contribution in [-0.4, -0.2) is 22.0 Å². The van der Waals surface area contributed by atoms with Crippen LogP contribution in [0.25, 0.3) is 10.2 Å². The number of rotatable bonds is 4. The van der Waals surface area contributed by atoms with Crippen molar-refractivity contribution < 1.29 is 4.79 Å². The van der Waals surface area contributed by atoms with Crippen molar-refractivity contribution in [3.05, 3.63) is 64.0 Å². The molecule has 1 N–H and O–H groups in total. The topological polar surface area (TPSA) is 64.0 Å². The number of hydrogen-bond donors (Lipinski definition) is 1. The third kappa shape index (κ3) is 2.85. The van der Waals surface area contributed by atoms with Gasteiger partial charge in [-0.05, 0) is 23.6 Å². The lowest BCUT2D eigenvalue weighted by Crippen LogP contribution is -2.30. The summed E-state index contributed by atoms with van der Waals surface area (Å²) >= 11 is 1.38. The number of carbonyl (C=O) groups is 1. The van der Waals surface area contributed by atoms with Crippen molar-refractivity contribution in [2.24, 2.45) is 0 Å². The average molecular weight is 299 g/mol. The molecule has 3 rings (SSSR count). The molecular formula is C15H13N3O2S. The Balaban J connectivity index is 1.66. The van der Waals surface area contributed by atoms with E-state index >= 15 is 0 Å². The van der Waals surface area contributed by atoms with Crippen LogP contribution in [-0.2, 0) is 6.54 Å². The Morgan fingerprint density at radius 1 is 1.24 bits per heavy atom. The maximum absolute atomic E-state index is 12.2. The summed E-state index contributed by atoms with van der Waals surface area (Å²) < 4.78 is 2.16. The molecule has 21 heavy (non-hydrogen) atoms. The van der Waals surface area contributed by atoms with Gasteiger partial charge in [0.15, 0.2) is 0 Å². The lowest BCUT2D eigenvalue weighted by atomic mass is 10.2. The molecule has 0 aliphatic rings. The van der Waals surface area contributed by atoms with Crippen LogP contribution in [0.2, 0.25) is 0 Å². The van der Waals surface area contributed by atoms with E-state index in [9.17, 15) is 9.59 Å². The summed E-state index contributed by atoms with van der Waals surface area (Å²) in [7, 11) is 0. The highest BCUT2D eigenvalue weighted by molar-refractivity contribution is 7.17. The number of nitrogens with one attached hydrogen (secondary N) is 1. The maximum Gasteiger partial charge on any atom is 0.271 e. The summed E-state index contributed by atoms with van der Waals surface area (Å²) in [6, 6.07) is 10.8. The van der Waals surface area contributed by atoms with Gasteiger partial charge in [0.25, 0.3) is 11.5 Å². The number of thiophene rings is 1. The van der Waals surface area contributed by atoms with Gasteiger partial charge in [0.1, 0.15) is 4.70 Å². The zero-order valence-corrected chi connectivity index (χ0v) is 12.0. The SMILES string of the molecule is O=C(NCCn1cnc2ccsc2c1=O)c1ccccc1. The van der Waals surface area contributed by atoms with Crippen molar-refractivity contribution in [3.63, 3.8) is 0 Å². The number of nitrogens with zero attached hydrogens (tertiary/aromatic N) is 2. The molecule has 2 heterocycles. The summed E-state index contributed by atoms with van der Waals surface area (Å²) in [5, 5.41) is 4.64. The first-order chi connectivity index (χ1) is 10.3. The van der Waals surface area contributed by atoms with E-state index in [2.05, 4.69) is 10.3 Å². The molecule has 106 valence electrons. The van der Waals surface area contributed by atoms with Crippen LogP contribution in [0, 0.1) is 0 Å². The normalized spacial score (nSPS) is 10.7. The van der Waals surface area contributed by atoms with Crippen molar-refractivity contribution in [2.45, 2.75) is 6.54 Å². The van der Waals surface area contributed by atoms with Gasteiger partial charge in [-0.1, -0.05) is 18.2 Å². The van der Waals surface area contributed by atoms with Gasteiger partial charge in [-0.3, -0.25) is 14.2 Å². The van der Waals surface area contributed by atoms with Crippen LogP contribution in [0.5, 0.6) is 0 Å². The molecule has 0 radical (unpaired) electrons. The second-order valence-electron chi connectivity index (χ2n) is 4.50.